The molecule has 7 N–H and O–H groups in total. The molecule has 0 bridgehead atoms. The third kappa shape index (κ3) is 5.50. The summed E-state index contributed by atoms with van der Waals surface area (Å²) in [5.74, 6) is 5.03. The summed E-state index contributed by atoms with van der Waals surface area (Å²) in [5.41, 5.74) is 1.20. The first-order chi connectivity index (χ1) is 15.3. The van der Waals surface area contributed by atoms with Crippen LogP contribution in [0.2, 0.25) is 0 Å². The van der Waals surface area contributed by atoms with E-state index in [9.17, 15) is 35.7 Å². The Morgan fingerprint density at radius 2 is 1.69 bits per heavy atom. The van der Waals surface area contributed by atoms with Crippen LogP contribution in [-0.2, 0) is 4.74 Å². The molecule has 0 aromatic heterocycles. The highest BCUT2D eigenvalue weighted by Crippen LogP contribution is 2.31. The lowest BCUT2D eigenvalue weighted by Crippen LogP contribution is -2.60. The van der Waals surface area contributed by atoms with Crippen LogP contribution in [0.4, 0.5) is 0 Å². The Balaban J connectivity index is 1.60. The Morgan fingerprint density at radius 1 is 0.906 bits per heavy atom. The van der Waals surface area contributed by atoms with Gasteiger partial charge in [-0.05, 0) is 35.9 Å². The molecule has 3 rings (SSSR count). The summed E-state index contributed by atoms with van der Waals surface area (Å²) in [5, 5.41) is 67.8. The van der Waals surface area contributed by atoms with Gasteiger partial charge in [-0.25, -0.2) is 0 Å². The average molecular weight is 444 g/mol. The SMILES string of the molecule is OC[C@H]1O[C@@H](Oc2ccc(C=CCC#Cc3ccc(O)c(O)c3)cc2O)[C@H](O)[C@@H](O)[C@@H]1O. The molecular formula is C23H24O9. The van der Waals surface area contributed by atoms with Crippen molar-refractivity contribution < 1.29 is 45.2 Å². The lowest BCUT2D eigenvalue weighted by Gasteiger charge is -2.39. The van der Waals surface area contributed by atoms with Crippen LogP contribution in [0.1, 0.15) is 17.5 Å². The van der Waals surface area contributed by atoms with E-state index in [1.54, 1.807) is 24.3 Å². The molecule has 1 heterocycles. The molecule has 0 unspecified atom stereocenters. The van der Waals surface area contributed by atoms with Gasteiger partial charge in [-0.3, -0.25) is 0 Å². The van der Waals surface area contributed by atoms with Gasteiger partial charge >= 0.3 is 0 Å². The lowest BCUT2D eigenvalue weighted by atomic mass is 9.99. The van der Waals surface area contributed by atoms with Crippen molar-refractivity contribution in [2.45, 2.75) is 37.1 Å². The average Bonchev–Trinajstić information content (AvgIpc) is 2.77. The predicted molar refractivity (Wildman–Crippen MR) is 113 cm³/mol. The van der Waals surface area contributed by atoms with Gasteiger partial charge in [-0.15, -0.1) is 0 Å². The zero-order valence-electron chi connectivity index (χ0n) is 16.9. The number of hydrogen-bond donors (Lipinski definition) is 7. The molecule has 2 aromatic rings. The van der Waals surface area contributed by atoms with Gasteiger partial charge in [0.2, 0.25) is 6.29 Å². The van der Waals surface area contributed by atoms with E-state index in [1.807, 2.05) is 0 Å². The minimum atomic E-state index is -1.58. The summed E-state index contributed by atoms with van der Waals surface area (Å²) in [7, 11) is 0. The normalized spacial score (nSPS) is 25.3. The number of benzene rings is 2. The van der Waals surface area contributed by atoms with Gasteiger partial charge in [0.1, 0.15) is 24.4 Å². The van der Waals surface area contributed by atoms with Crippen molar-refractivity contribution in [3.8, 4) is 34.8 Å². The molecule has 0 aliphatic carbocycles. The Hall–Kier alpha value is -3.26. The Kier molecular flexibility index (Phi) is 7.58. The van der Waals surface area contributed by atoms with E-state index < -0.39 is 37.3 Å². The highest BCUT2D eigenvalue weighted by Gasteiger charge is 2.44. The van der Waals surface area contributed by atoms with E-state index in [4.69, 9.17) is 9.47 Å². The number of aromatic hydroxyl groups is 3. The second-order valence-corrected chi connectivity index (χ2v) is 7.15. The number of rotatable bonds is 5. The van der Waals surface area contributed by atoms with E-state index in [1.165, 1.54) is 24.3 Å². The number of aliphatic hydroxyl groups is 4. The standard InChI is InChI=1S/C23H24O9/c24-12-19-20(28)21(29)22(30)23(32-19)31-18-9-7-14(11-17(18)27)5-3-1-2-4-13-6-8-15(25)16(26)10-13/h3,5-11,19-30H,1,12H2/t19-,20-,21+,22-,23-/m1/s1. The number of ether oxygens (including phenoxy) is 2. The molecule has 0 spiro atoms. The van der Waals surface area contributed by atoms with Crippen molar-refractivity contribution in [3.63, 3.8) is 0 Å². The Labute approximate surface area is 184 Å². The first kappa shape index (κ1) is 23.4. The molecular weight excluding hydrogens is 420 g/mol. The van der Waals surface area contributed by atoms with E-state index in [-0.39, 0.29) is 23.0 Å². The van der Waals surface area contributed by atoms with Gasteiger partial charge < -0.3 is 45.2 Å². The molecule has 0 amide bonds. The minimum absolute atomic E-state index is 0.0154. The molecule has 9 nitrogen and oxygen atoms in total. The van der Waals surface area contributed by atoms with Gasteiger partial charge in [0.25, 0.3) is 0 Å². The summed E-state index contributed by atoms with van der Waals surface area (Å²) < 4.78 is 10.7. The highest BCUT2D eigenvalue weighted by atomic mass is 16.7. The predicted octanol–water partition coefficient (Wildman–Crippen LogP) is 0.437. The molecule has 1 saturated heterocycles. The van der Waals surface area contributed by atoms with Gasteiger partial charge in [0, 0.05) is 12.0 Å². The fraction of sp³-hybridized carbons (Fsp3) is 0.304. The number of hydrogen-bond acceptors (Lipinski definition) is 9. The van der Waals surface area contributed by atoms with E-state index in [0.29, 0.717) is 17.5 Å². The molecule has 1 fully saturated rings. The Bertz CT molecular complexity index is 1020. The van der Waals surface area contributed by atoms with Gasteiger partial charge in [0.05, 0.1) is 6.61 Å². The molecule has 32 heavy (non-hydrogen) atoms. The Morgan fingerprint density at radius 3 is 2.38 bits per heavy atom. The van der Waals surface area contributed by atoms with Crippen LogP contribution in [0.3, 0.4) is 0 Å². The molecule has 0 radical (unpaired) electrons. The molecule has 0 saturated carbocycles. The van der Waals surface area contributed by atoms with Gasteiger partial charge in [0.15, 0.2) is 23.0 Å². The van der Waals surface area contributed by atoms with E-state index >= 15 is 0 Å². The molecule has 1 aliphatic rings. The number of phenols is 3. The highest BCUT2D eigenvalue weighted by molar-refractivity contribution is 5.56. The summed E-state index contributed by atoms with van der Waals surface area (Å²) in [6, 6.07) is 8.80. The van der Waals surface area contributed by atoms with Crippen molar-refractivity contribution >= 4 is 6.08 Å². The van der Waals surface area contributed by atoms with Crippen LogP contribution in [0.5, 0.6) is 23.0 Å². The number of phenolic OH excluding ortho intramolecular Hbond substituents is 3. The van der Waals surface area contributed by atoms with E-state index in [2.05, 4.69) is 11.8 Å². The number of aliphatic hydroxyl groups excluding tert-OH is 4. The monoisotopic (exact) mass is 444 g/mol. The summed E-state index contributed by atoms with van der Waals surface area (Å²) in [6.45, 7) is -0.586. The van der Waals surface area contributed by atoms with Crippen molar-refractivity contribution in [1.29, 1.82) is 0 Å². The van der Waals surface area contributed by atoms with Gasteiger partial charge in [-0.1, -0.05) is 30.1 Å². The second kappa shape index (κ2) is 10.4. The molecule has 170 valence electrons. The molecule has 1 aliphatic heterocycles. The smallest absolute Gasteiger partial charge is 0.229 e. The van der Waals surface area contributed by atoms with Gasteiger partial charge in [-0.2, -0.15) is 0 Å². The zero-order chi connectivity index (χ0) is 23.3. The minimum Gasteiger partial charge on any atom is -0.504 e. The van der Waals surface area contributed by atoms with E-state index in [0.717, 1.165) is 0 Å². The number of allylic oxidation sites excluding steroid dienone is 1. The van der Waals surface area contributed by atoms with Crippen LogP contribution in [-0.4, -0.2) is 73.1 Å². The maximum absolute atomic E-state index is 10.2. The second-order valence-electron chi connectivity index (χ2n) is 7.15. The lowest BCUT2D eigenvalue weighted by molar-refractivity contribution is -0.277. The quantitative estimate of drug-likeness (QED) is 0.256. The fourth-order valence-corrected chi connectivity index (χ4v) is 3.04. The summed E-state index contributed by atoms with van der Waals surface area (Å²) in [6.07, 6.45) is -3.30. The largest absolute Gasteiger partial charge is 0.504 e. The van der Waals surface area contributed by atoms with Crippen LogP contribution >= 0.6 is 0 Å². The first-order valence-corrected chi connectivity index (χ1v) is 9.77. The van der Waals surface area contributed by atoms with Crippen molar-refractivity contribution in [2.24, 2.45) is 0 Å². The van der Waals surface area contributed by atoms with Crippen LogP contribution in [0.15, 0.2) is 42.5 Å². The zero-order valence-corrected chi connectivity index (χ0v) is 16.9. The van der Waals surface area contributed by atoms with Crippen molar-refractivity contribution in [1.82, 2.24) is 0 Å². The van der Waals surface area contributed by atoms with Crippen LogP contribution in [0, 0.1) is 11.8 Å². The summed E-state index contributed by atoms with van der Waals surface area (Å²) >= 11 is 0. The summed E-state index contributed by atoms with van der Waals surface area (Å²) in [4.78, 5) is 0. The van der Waals surface area contributed by atoms with Crippen LogP contribution in [0.25, 0.3) is 6.08 Å². The first-order valence-electron chi connectivity index (χ1n) is 9.77. The van der Waals surface area contributed by atoms with Crippen LogP contribution < -0.4 is 4.74 Å². The van der Waals surface area contributed by atoms with Crippen molar-refractivity contribution in [3.05, 3.63) is 53.6 Å². The maximum Gasteiger partial charge on any atom is 0.229 e. The maximum atomic E-state index is 10.2. The molecule has 5 atom stereocenters. The third-order valence-corrected chi connectivity index (χ3v) is 4.81. The van der Waals surface area contributed by atoms with Crippen molar-refractivity contribution in [2.75, 3.05) is 6.61 Å². The molecule has 9 heteroatoms. The third-order valence-electron chi connectivity index (χ3n) is 4.81. The molecule has 2 aromatic carbocycles. The fourth-order valence-electron chi connectivity index (χ4n) is 3.04. The topological polar surface area (TPSA) is 160 Å².